The summed E-state index contributed by atoms with van der Waals surface area (Å²) in [5.74, 6) is 0.467. The molecule has 0 aliphatic rings. The van der Waals surface area contributed by atoms with Crippen molar-refractivity contribution in [2.45, 2.75) is 19.9 Å². The first kappa shape index (κ1) is 12.7. The van der Waals surface area contributed by atoms with Gasteiger partial charge in [-0.2, -0.15) is 0 Å². The van der Waals surface area contributed by atoms with Crippen LogP contribution in [0.3, 0.4) is 0 Å². The number of nitrogens with two attached hydrogens (primary N) is 2. The Hall–Kier alpha value is -1.39. The zero-order chi connectivity index (χ0) is 12.0. The third-order valence-electron chi connectivity index (χ3n) is 2.36. The Kier molecular flexibility index (Phi) is 4.95. The molecule has 0 fully saturated rings. The van der Waals surface area contributed by atoms with E-state index in [-0.39, 0.29) is 0 Å². The van der Waals surface area contributed by atoms with Crippen LogP contribution < -0.4 is 11.5 Å². The van der Waals surface area contributed by atoms with Crippen LogP contribution in [-0.2, 0) is 17.7 Å². The molecule has 0 saturated heterocycles. The van der Waals surface area contributed by atoms with Gasteiger partial charge in [0.15, 0.2) is 0 Å². The number of nitrogens with zero attached hydrogens (tertiary/aromatic N) is 1. The van der Waals surface area contributed by atoms with Gasteiger partial charge in [-0.1, -0.05) is 13.0 Å². The predicted octanol–water partition coefficient (Wildman–Crippen LogP) is 1.34. The van der Waals surface area contributed by atoms with Crippen LogP contribution in [0.15, 0.2) is 23.2 Å². The average molecular weight is 221 g/mol. The first-order valence-electron chi connectivity index (χ1n) is 5.35. The van der Waals surface area contributed by atoms with Gasteiger partial charge < -0.3 is 16.2 Å². The molecule has 0 bridgehead atoms. The van der Waals surface area contributed by atoms with Crippen LogP contribution >= 0.6 is 0 Å². The van der Waals surface area contributed by atoms with Gasteiger partial charge in [-0.25, -0.2) is 4.99 Å². The summed E-state index contributed by atoms with van der Waals surface area (Å²) in [6.07, 6.45) is 0.976. The molecule has 0 heterocycles. The van der Waals surface area contributed by atoms with Crippen LogP contribution in [0, 0.1) is 0 Å². The minimum Gasteiger partial charge on any atom is -0.385 e. The number of aryl methyl sites for hydroxylation is 1. The van der Waals surface area contributed by atoms with Crippen LogP contribution in [0.2, 0.25) is 0 Å². The maximum absolute atomic E-state index is 5.68. The van der Waals surface area contributed by atoms with Crippen molar-refractivity contribution in [3.8, 4) is 0 Å². The number of methoxy groups -OCH3 is 1. The highest BCUT2D eigenvalue weighted by Crippen LogP contribution is 2.18. The van der Waals surface area contributed by atoms with E-state index < -0.39 is 0 Å². The number of hydrogen-bond donors (Lipinski definition) is 2. The van der Waals surface area contributed by atoms with Gasteiger partial charge in [-0.05, 0) is 29.7 Å². The first-order valence-corrected chi connectivity index (χ1v) is 5.35. The zero-order valence-corrected chi connectivity index (χ0v) is 9.86. The zero-order valence-electron chi connectivity index (χ0n) is 9.86. The van der Waals surface area contributed by atoms with Crippen molar-refractivity contribution < 1.29 is 4.74 Å². The van der Waals surface area contributed by atoms with E-state index in [4.69, 9.17) is 16.2 Å². The van der Waals surface area contributed by atoms with Gasteiger partial charge in [0, 0.05) is 13.7 Å². The highest BCUT2D eigenvalue weighted by Gasteiger charge is 2.01. The SMILES string of the molecule is CCc1ccc(N=C(N)COC)cc1CN. The van der Waals surface area contributed by atoms with E-state index in [1.807, 2.05) is 18.2 Å². The summed E-state index contributed by atoms with van der Waals surface area (Å²) in [6.45, 7) is 2.97. The van der Waals surface area contributed by atoms with Crippen LogP contribution in [-0.4, -0.2) is 19.6 Å². The van der Waals surface area contributed by atoms with Crippen molar-refractivity contribution >= 4 is 11.5 Å². The molecule has 1 rings (SSSR count). The molecule has 0 radical (unpaired) electrons. The summed E-state index contributed by atoms with van der Waals surface area (Å²) >= 11 is 0. The molecule has 1 aromatic carbocycles. The maximum Gasteiger partial charge on any atom is 0.126 e. The van der Waals surface area contributed by atoms with Crippen LogP contribution in [0.4, 0.5) is 5.69 Å². The Morgan fingerprint density at radius 3 is 2.69 bits per heavy atom. The molecule has 0 aliphatic heterocycles. The number of aliphatic imine (C=N–C) groups is 1. The molecule has 0 atom stereocenters. The number of rotatable bonds is 5. The Morgan fingerprint density at radius 1 is 1.38 bits per heavy atom. The Bertz CT molecular complexity index is 375. The van der Waals surface area contributed by atoms with E-state index in [2.05, 4.69) is 11.9 Å². The molecule has 16 heavy (non-hydrogen) atoms. The van der Waals surface area contributed by atoms with Crippen LogP contribution in [0.1, 0.15) is 18.1 Å². The van der Waals surface area contributed by atoms with Crippen molar-refractivity contribution in [2.24, 2.45) is 16.5 Å². The van der Waals surface area contributed by atoms with Gasteiger partial charge in [0.2, 0.25) is 0 Å². The molecule has 0 spiro atoms. The second-order valence-electron chi connectivity index (χ2n) is 3.55. The van der Waals surface area contributed by atoms with Crippen molar-refractivity contribution in [2.75, 3.05) is 13.7 Å². The molecule has 4 nitrogen and oxygen atoms in total. The largest absolute Gasteiger partial charge is 0.385 e. The normalized spacial score (nSPS) is 11.8. The smallest absolute Gasteiger partial charge is 0.126 e. The minimum absolute atomic E-state index is 0.341. The first-order chi connectivity index (χ1) is 7.71. The van der Waals surface area contributed by atoms with E-state index in [0.29, 0.717) is 19.0 Å². The summed E-state index contributed by atoms with van der Waals surface area (Å²) < 4.78 is 4.90. The van der Waals surface area contributed by atoms with Crippen molar-refractivity contribution in [1.82, 2.24) is 0 Å². The molecule has 1 aromatic rings. The minimum atomic E-state index is 0.341. The third-order valence-corrected chi connectivity index (χ3v) is 2.36. The lowest BCUT2D eigenvalue weighted by molar-refractivity contribution is 0.244. The topological polar surface area (TPSA) is 73.6 Å². The number of ether oxygens (including phenoxy) is 1. The fraction of sp³-hybridized carbons (Fsp3) is 0.417. The van der Waals surface area contributed by atoms with E-state index >= 15 is 0 Å². The molecule has 0 aliphatic carbocycles. The van der Waals surface area contributed by atoms with Gasteiger partial charge >= 0.3 is 0 Å². The molecular formula is C12H19N3O. The molecule has 0 aromatic heterocycles. The quantitative estimate of drug-likeness (QED) is 0.582. The van der Waals surface area contributed by atoms with Crippen molar-refractivity contribution in [3.05, 3.63) is 29.3 Å². The number of amidine groups is 1. The standard InChI is InChI=1S/C12H19N3O/c1-3-9-4-5-11(6-10(9)7-13)15-12(14)8-16-2/h4-6H,3,7-8,13H2,1-2H3,(H2,14,15). The van der Waals surface area contributed by atoms with Gasteiger partial charge in [-0.3, -0.25) is 0 Å². The Balaban J connectivity index is 2.94. The molecule has 0 saturated carbocycles. The van der Waals surface area contributed by atoms with Crippen molar-refractivity contribution in [1.29, 1.82) is 0 Å². The summed E-state index contributed by atoms with van der Waals surface area (Å²) in [7, 11) is 1.59. The molecule has 4 heteroatoms. The van der Waals surface area contributed by atoms with Gasteiger partial charge in [0.1, 0.15) is 12.4 Å². The number of hydrogen-bond acceptors (Lipinski definition) is 3. The predicted molar refractivity (Wildman–Crippen MR) is 66.9 cm³/mol. The van der Waals surface area contributed by atoms with Gasteiger partial charge in [0.25, 0.3) is 0 Å². The highest BCUT2D eigenvalue weighted by atomic mass is 16.5. The van der Waals surface area contributed by atoms with Crippen LogP contribution in [0.25, 0.3) is 0 Å². The highest BCUT2D eigenvalue weighted by molar-refractivity contribution is 5.84. The molecule has 0 amide bonds. The van der Waals surface area contributed by atoms with Crippen molar-refractivity contribution in [3.63, 3.8) is 0 Å². The fourth-order valence-corrected chi connectivity index (χ4v) is 1.56. The average Bonchev–Trinajstić information content (AvgIpc) is 2.29. The van der Waals surface area contributed by atoms with Crippen LogP contribution in [0.5, 0.6) is 0 Å². The lowest BCUT2D eigenvalue weighted by Gasteiger charge is -2.07. The molecule has 88 valence electrons. The van der Waals surface area contributed by atoms with Gasteiger partial charge in [0.05, 0.1) is 5.69 Å². The maximum atomic E-state index is 5.68. The lowest BCUT2D eigenvalue weighted by atomic mass is 10.0. The monoisotopic (exact) mass is 221 g/mol. The fourth-order valence-electron chi connectivity index (χ4n) is 1.56. The van der Waals surface area contributed by atoms with E-state index in [1.165, 1.54) is 5.56 Å². The Labute approximate surface area is 96.3 Å². The van der Waals surface area contributed by atoms with E-state index in [9.17, 15) is 0 Å². The molecule has 0 unspecified atom stereocenters. The lowest BCUT2D eigenvalue weighted by Crippen LogP contribution is -2.17. The second-order valence-corrected chi connectivity index (χ2v) is 3.55. The summed E-state index contributed by atoms with van der Waals surface area (Å²) in [6, 6.07) is 5.96. The molecular weight excluding hydrogens is 202 g/mol. The third kappa shape index (κ3) is 3.32. The number of benzene rings is 1. The molecule has 4 N–H and O–H groups in total. The summed E-state index contributed by atoms with van der Waals surface area (Å²) in [5, 5.41) is 0. The second kappa shape index (κ2) is 6.25. The van der Waals surface area contributed by atoms with Gasteiger partial charge in [-0.15, -0.1) is 0 Å². The van der Waals surface area contributed by atoms with E-state index in [0.717, 1.165) is 17.7 Å². The Morgan fingerprint density at radius 2 is 2.12 bits per heavy atom. The van der Waals surface area contributed by atoms with E-state index in [1.54, 1.807) is 7.11 Å². The summed E-state index contributed by atoms with van der Waals surface area (Å²) in [4.78, 5) is 4.25. The summed E-state index contributed by atoms with van der Waals surface area (Å²) in [5.41, 5.74) is 14.6.